The number of benzene rings is 2. The van der Waals surface area contributed by atoms with E-state index >= 15 is 0 Å². The van der Waals surface area contributed by atoms with Gasteiger partial charge in [0.05, 0.1) is 12.7 Å². The van der Waals surface area contributed by atoms with Crippen molar-refractivity contribution in [3.63, 3.8) is 0 Å². The second kappa shape index (κ2) is 10.1. The summed E-state index contributed by atoms with van der Waals surface area (Å²) >= 11 is 3.68. The summed E-state index contributed by atoms with van der Waals surface area (Å²) in [6.07, 6.45) is 2.65. The van der Waals surface area contributed by atoms with Crippen LogP contribution in [0.4, 0.5) is 0 Å². The largest absolute Gasteiger partial charge is 0.490 e. The third-order valence-electron chi connectivity index (χ3n) is 4.60. The SMILES string of the molecule is CCOc1cc(CNCC2CCCO2)c(Br)cc1OCc1cccc(C)c1. The Hall–Kier alpha value is -1.56. The molecular formula is C22H28BrNO3. The number of ether oxygens (including phenoxy) is 3. The van der Waals surface area contributed by atoms with Crippen LogP contribution < -0.4 is 14.8 Å². The van der Waals surface area contributed by atoms with E-state index in [2.05, 4.69) is 58.5 Å². The molecule has 4 nitrogen and oxygen atoms in total. The number of aryl methyl sites for hydroxylation is 1. The van der Waals surface area contributed by atoms with Gasteiger partial charge in [-0.25, -0.2) is 0 Å². The van der Waals surface area contributed by atoms with E-state index in [4.69, 9.17) is 14.2 Å². The lowest BCUT2D eigenvalue weighted by atomic mass is 10.1. The van der Waals surface area contributed by atoms with Crippen LogP contribution >= 0.6 is 15.9 Å². The van der Waals surface area contributed by atoms with Crippen molar-refractivity contribution in [2.24, 2.45) is 0 Å². The van der Waals surface area contributed by atoms with Crippen molar-refractivity contribution in [3.05, 3.63) is 57.6 Å². The van der Waals surface area contributed by atoms with Crippen molar-refractivity contribution < 1.29 is 14.2 Å². The molecule has 1 aliphatic rings. The molecule has 1 heterocycles. The second-order valence-electron chi connectivity index (χ2n) is 6.87. The smallest absolute Gasteiger partial charge is 0.162 e. The van der Waals surface area contributed by atoms with E-state index in [0.29, 0.717) is 19.3 Å². The second-order valence-corrected chi connectivity index (χ2v) is 7.72. The zero-order valence-corrected chi connectivity index (χ0v) is 17.7. The van der Waals surface area contributed by atoms with Gasteiger partial charge in [-0.2, -0.15) is 0 Å². The summed E-state index contributed by atoms with van der Waals surface area (Å²) in [7, 11) is 0. The van der Waals surface area contributed by atoms with E-state index in [1.54, 1.807) is 0 Å². The van der Waals surface area contributed by atoms with Crippen molar-refractivity contribution in [2.75, 3.05) is 19.8 Å². The summed E-state index contributed by atoms with van der Waals surface area (Å²) in [6, 6.07) is 12.4. The number of halogens is 1. The molecular weight excluding hydrogens is 406 g/mol. The lowest BCUT2D eigenvalue weighted by Crippen LogP contribution is -2.25. The molecule has 1 atom stereocenters. The summed E-state index contributed by atoms with van der Waals surface area (Å²) in [4.78, 5) is 0. The van der Waals surface area contributed by atoms with Crippen LogP contribution in [0.25, 0.3) is 0 Å². The number of rotatable bonds is 9. The maximum Gasteiger partial charge on any atom is 0.162 e. The first-order valence-electron chi connectivity index (χ1n) is 9.61. The Morgan fingerprint density at radius 3 is 2.78 bits per heavy atom. The van der Waals surface area contributed by atoms with Crippen LogP contribution in [0.3, 0.4) is 0 Å². The van der Waals surface area contributed by atoms with Crippen LogP contribution in [-0.4, -0.2) is 25.9 Å². The Labute approximate surface area is 170 Å². The van der Waals surface area contributed by atoms with E-state index < -0.39 is 0 Å². The zero-order chi connectivity index (χ0) is 19.1. The van der Waals surface area contributed by atoms with Gasteiger partial charge in [0.25, 0.3) is 0 Å². The molecule has 5 heteroatoms. The Bertz CT molecular complexity index is 744. The Kier molecular flexibility index (Phi) is 7.56. The van der Waals surface area contributed by atoms with Gasteiger partial charge in [-0.1, -0.05) is 45.8 Å². The van der Waals surface area contributed by atoms with Gasteiger partial charge in [0.15, 0.2) is 11.5 Å². The van der Waals surface area contributed by atoms with Gasteiger partial charge in [-0.05, 0) is 49.9 Å². The predicted molar refractivity (Wildman–Crippen MR) is 112 cm³/mol. The van der Waals surface area contributed by atoms with Crippen LogP contribution in [0.15, 0.2) is 40.9 Å². The molecule has 2 aromatic carbocycles. The maximum atomic E-state index is 6.06. The van der Waals surface area contributed by atoms with Crippen LogP contribution in [-0.2, 0) is 17.9 Å². The van der Waals surface area contributed by atoms with Crippen molar-refractivity contribution in [2.45, 2.75) is 45.9 Å². The lowest BCUT2D eigenvalue weighted by molar-refractivity contribution is 0.110. The summed E-state index contributed by atoms with van der Waals surface area (Å²) in [5.74, 6) is 1.54. The molecule has 2 aromatic rings. The first-order valence-corrected chi connectivity index (χ1v) is 10.4. The molecule has 0 radical (unpaired) electrons. The zero-order valence-electron chi connectivity index (χ0n) is 16.1. The highest BCUT2D eigenvalue weighted by molar-refractivity contribution is 9.10. The minimum absolute atomic E-state index is 0.340. The monoisotopic (exact) mass is 433 g/mol. The van der Waals surface area contributed by atoms with Crippen LogP contribution in [0.1, 0.15) is 36.5 Å². The predicted octanol–water partition coefficient (Wildman–Crippen LogP) is 5.00. The van der Waals surface area contributed by atoms with Crippen LogP contribution in [0, 0.1) is 6.92 Å². The summed E-state index contributed by atoms with van der Waals surface area (Å²) in [5, 5.41) is 3.49. The van der Waals surface area contributed by atoms with E-state index in [1.165, 1.54) is 5.56 Å². The molecule has 0 aromatic heterocycles. The van der Waals surface area contributed by atoms with Gasteiger partial charge in [-0.15, -0.1) is 0 Å². The molecule has 0 bridgehead atoms. The average molecular weight is 434 g/mol. The third kappa shape index (κ3) is 5.96. The fourth-order valence-corrected chi connectivity index (χ4v) is 3.69. The molecule has 0 spiro atoms. The van der Waals surface area contributed by atoms with Crippen molar-refractivity contribution in [3.8, 4) is 11.5 Å². The lowest BCUT2D eigenvalue weighted by Gasteiger charge is -2.16. The van der Waals surface area contributed by atoms with Gasteiger partial charge in [0.2, 0.25) is 0 Å². The molecule has 1 saturated heterocycles. The fraction of sp³-hybridized carbons (Fsp3) is 0.455. The molecule has 3 rings (SSSR count). The van der Waals surface area contributed by atoms with E-state index in [-0.39, 0.29) is 0 Å². The van der Waals surface area contributed by atoms with Gasteiger partial charge in [0, 0.05) is 24.2 Å². The van der Waals surface area contributed by atoms with Crippen LogP contribution in [0.5, 0.6) is 11.5 Å². The molecule has 0 aliphatic carbocycles. The Morgan fingerprint density at radius 2 is 2.04 bits per heavy atom. The average Bonchev–Trinajstić information content (AvgIpc) is 3.16. The number of nitrogens with one attached hydrogen (secondary N) is 1. The topological polar surface area (TPSA) is 39.7 Å². The molecule has 146 valence electrons. The van der Waals surface area contributed by atoms with Crippen molar-refractivity contribution in [1.29, 1.82) is 0 Å². The highest BCUT2D eigenvalue weighted by Gasteiger charge is 2.16. The third-order valence-corrected chi connectivity index (χ3v) is 5.34. The number of hydrogen-bond acceptors (Lipinski definition) is 4. The normalized spacial score (nSPS) is 16.5. The molecule has 1 unspecified atom stereocenters. The van der Waals surface area contributed by atoms with Gasteiger partial charge in [-0.3, -0.25) is 0 Å². The molecule has 27 heavy (non-hydrogen) atoms. The van der Waals surface area contributed by atoms with E-state index in [1.807, 2.05) is 13.0 Å². The van der Waals surface area contributed by atoms with Crippen LogP contribution in [0.2, 0.25) is 0 Å². The van der Waals surface area contributed by atoms with Crippen molar-refractivity contribution >= 4 is 15.9 Å². The van der Waals surface area contributed by atoms with Gasteiger partial charge < -0.3 is 19.5 Å². The molecule has 1 N–H and O–H groups in total. The van der Waals surface area contributed by atoms with E-state index in [0.717, 1.165) is 59.6 Å². The number of hydrogen-bond donors (Lipinski definition) is 1. The van der Waals surface area contributed by atoms with E-state index in [9.17, 15) is 0 Å². The molecule has 0 amide bonds. The Morgan fingerprint density at radius 1 is 1.19 bits per heavy atom. The minimum Gasteiger partial charge on any atom is -0.490 e. The molecule has 1 aliphatic heterocycles. The van der Waals surface area contributed by atoms with Gasteiger partial charge in [0.1, 0.15) is 6.61 Å². The maximum absolute atomic E-state index is 6.06. The molecule has 0 saturated carbocycles. The highest BCUT2D eigenvalue weighted by Crippen LogP contribution is 2.34. The first-order chi connectivity index (χ1) is 13.2. The van der Waals surface area contributed by atoms with Gasteiger partial charge >= 0.3 is 0 Å². The highest BCUT2D eigenvalue weighted by atomic mass is 79.9. The quantitative estimate of drug-likeness (QED) is 0.603. The fourth-order valence-electron chi connectivity index (χ4n) is 3.23. The summed E-state index contributed by atoms with van der Waals surface area (Å²) in [5.41, 5.74) is 3.53. The summed E-state index contributed by atoms with van der Waals surface area (Å²) in [6.45, 7) is 7.72. The standard InChI is InChI=1S/C22H28BrNO3/c1-3-25-21-11-18(13-24-14-19-8-5-9-26-19)20(23)12-22(21)27-15-17-7-4-6-16(2)10-17/h4,6-7,10-12,19,24H,3,5,8-9,13-15H2,1-2H3. The minimum atomic E-state index is 0.340. The Balaban J connectivity index is 1.65. The van der Waals surface area contributed by atoms with Crippen molar-refractivity contribution in [1.82, 2.24) is 5.32 Å². The first kappa shape index (κ1) is 20.2. The summed E-state index contributed by atoms with van der Waals surface area (Å²) < 4.78 is 18.6. The molecule has 1 fully saturated rings.